The Morgan fingerprint density at radius 1 is 0.897 bits per heavy atom. The molecule has 0 radical (unpaired) electrons. The number of carbonyl (C=O) groups is 1. The van der Waals surface area contributed by atoms with Gasteiger partial charge in [0.05, 0.1) is 5.56 Å². The lowest BCUT2D eigenvalue weighted by Gasteiger charge is -2.15. The number of hydrogen-bond acceptors (Lipinski definition) is 6. The van der Waals surface area contributed by atoms with Crippen LogP contribution in [0, 0.1) is 11.8 Å². The van der Waals surface area contributed by atoms with Crippen molar-refractivity contribution in [3.8, 4) is 17.2 Å². The van der Waals surface area contributed by atoms with E-state index in [4.69, 9.17) is 27.9 Å². The Hall–Kier alpha value is -4.08. The molecule has 0 unspecified atom stereocenters. The lowest BCUT2D eigenvalue weighted by molar-refractivity contribution is 0.0951. The molecule has 7 nitrogen and oxygen atoms in total. The molecule has 0 atom stereocenters. The van der Waals surface area contributed by atoms with E-state index in [9.17, 15) is 18.7 Å². The van der Waals surface area contributed by atoms with Gasteiger partial charge in [-0.15, -0.1) is 0 Å². The molecule has 0 spiro atoms. The van der Waals surface area contributed by atoms with Gasteiger partial charge in [-0.2, -0.15) is 9.37 Å². The van der Waals surface area contributed by atoms with Crippen LogP contribution in [0.5, 0.6) is 17.2 Å². The number of benzene rings is 3. The predicted octanol–water partition coefficient (Wildman–Crippen LogP) is 6.66. The smallest absolute Gasteiger partial charge is 0.255 e. The van der Waals surface area contributed by atoms with Gasteiger partial charge in [0.15, 0.2) is 11.6 Å². The molecule has 0 aliphatic rings. The maximum absolute atomic E-state index is 14.5. The number of phenols is 1. The van der Waals surface area contributed by atoms with Crippen molar-refractivity contribution < 1.29 is 23.4 Å². The Bertz CT molecular complexity index is 1440. The van der Waals surface area contributed by atoms with Crippen LogP contribution in [0.25, 0.3) is 0 Å². The van der Waals surface area contributed by atoms with Crippen molar-refractivity contribution in [3.63, 3.8) is 0 Å². The Morgan fingerprint density at radius 2 is 1.62 bits per heavy atom. The summed E-state index contributed by atoms with van der Waals surface area (Å²) >= 11 is 12.5. The zero-order valence-electron chi connectivity index (χ0n) is 20.5. The third kappa shape index (κ3) is 7.49. The molecule has 39 heavy (non-hydrogen) atoms. The highest BCUT2D eigenvalue weighted by Gasteiger charge is 2.21. The SMILES string of the molecule is O=C(NCCc1ccccc1)c1cc(Oc2c(Cl)c(F)nc(NCCNc3ccc(F)cc3)c2Cl)ccc1O. The number of carbonyl (C=O) groups excluding carboxylic acids is 1. The molecule has 1 heterocycles. The number of nitrogens with zero attached hydrogens (tertiary/aromatic N) is 1. The van der Waals surface area contributed by atoms with Crippen LogP contribution in [0.4, 0.5) is 20.3 Å². The van der Waals surface area contributed by atoms with Crippen LogP contribution in [0.15, 0.2) is 72.8 Å². The lowest BCUT2D eigenvalue weighted by Crippen LogP contribution is -2.25. The van der Waals surface area contributed by atoms with Crippen LogP contribution in [0.2, 0.25) is 10.0 Å². The summed E-state index contributed by atoms with van der Waals surface area (Å²) in [4.78, 5) is 16.4. The van der Waals surface area contributed by atoms with E-state index in [2.05, 4.69) is 20.9 Å². The highest BCUT2D eigenvalue weighted by molar-refractivity contribution is 6.38. The number of halogens is 4. The van der Waals surface area contributed by atoms with E-state index in [1.807, 2.05) is 30.3 Å². The Balaban J connectivity index is 1.42. The van der Waals surface area contributed by atoms with Crippen molar-refractivity contribution in [2.75, 3.05) is 30.3 Å². The summed E-state index contributed by atoms with van der Waals surface area (Å²) in [5.74, 6) is -2.24. The Kier molecular flexibility index (Phi) is 9.40. The predicted molar refractivity (Wildman–Crippen MR) is 148 cm³/mol. The monoisotopic (exact) mass is 572 g/mol. The summed E-state index contributed by atoms with van der Waals surface area (Å²) in [5, 5.41) is 18.4. The number of aromatic nitrogens is 1. The number of aromatic hydroxyl groups is 1. The summed E-state index contributed by atoms with van der Waals surface area (Å²) in [6.07, 6.45) is 0.611. The van der Waals surface area contributed by atoms with Gasteiger partial charge in [0, 0.05) is 25.3 Å². The van der Waals surface area contributed by atoms with E-state index in [1.165, 1.54) is 30.3 Å². The third-order valence-corrected chi connectivity index (χ3v) is 6.24. The number of pyridine rings is 1. The fourth-order valence-corrected chi connectivity index (χ4v) is 4.06. The standard InChI is InChI=1S/C28H24Cl2F2N4O3/c29-23-25(24(30)27(36-26(23)32)34-15-14-33-19-8-6-18(31)7-9-19)39-20-10-11-22(37)21(16-20)28(38)35-13-12-17-4-2-1-3-5-17/h1-11,16,33,37H,12-15H2,(H,34,36)(H,35,38). The van der Waals surface area contributed by atoms with Crippen molar-refractivity contribution in [1.29, 1.82) is 0 Å². The average Bonchev–Trinajstić information content (AvgIpc) is 2.94. The van der Waals surface area contributed by atoms with E-state index in [0.29, 0.717) is 25.2 Å². The lowest BCUT2D eigenvalue weighted by atomic mass is 10.1. The molecule has 1 amide bonds. The summed E-state index contributed by atoms with van der Waals surface area (Å²) in [7, 11) is 0. The van der Waals surface area contributed by atoms with Crippen molar-refractivity contribution in [3.05, 3.63) is 106 Å². The number of phenolic OH excluding ortho intramolecular Hbond substituents is 1. The molecule has 3 aromatic carbocycles. The van der Waals surface area contributed by atoms with E-state index < -0.39 is 16.9 Å². The number of nitrogens with one attached hydrogen (secondary N) is 3. The minimum atomic E-state index is -1.01. The van der Waals surface area contributed by atoms with Crippen molar-refractivity contribution in [2.24, 2.45) is 0 Å². The fraction of sp³-hybridized carbons (Fsp3) is 0.143. The van der Waals surface area contributed by atoms with Crippen LogP contribution in [-0.2, 0) is 6.42 Å². The molecule has 0 aliphatic carbocycles. The van der Waals surface area contributed by atoms with Crippen LogP contribution >= 0.6 is 23.2 Å². The topological polar surface area (TPSA) is 95.5 Å². The number of anilines is 2. The first kappa shape index (κ1) is 27.9. The zero-order chi connectivity index (χ0) is 27.8. The summed E-state index contributed by atoms with van der Waals surface area (Å²) in [6.45, 7) is 1.04. The largest absolute Gasteiger partial charge is 0.507 e. The zero-order valence-corrected chi connectivity index (χ0v) is 22.0. The average molecular weight is 573 g/mol. The summed E-state index contributed by atoms with van der Waals surface area (Å²) in [6, 6.07) is 19.4. The molecule has 0 fully saturated rings. The molecule has 0 aliphatic heterocycles. The van der Waals surface area contributed by atoms with E-state index in [0.717, 1.165) is 5.56 Å². The number of hydrogen-bond donors (Lipinski definition) is 4. The van der Waals surface area contributed by atoms with Gasteiger partial charge >= 0.3 is 0 Å². The van der Waals surface area contributed by atoms with Gasteiger partial charge in [-0.1, -0.05) is 53.5 Å². The highest BCUT2D eigenvalue weighted by atomic mass is 35.5. The van der Waals surface area contributed by atoms with Gasteiger partial charge in [-0.05, 0) is 54.4 Å². The van der Waals surface area contributed by atoms with Crippen LogP contribution in [0.1, 0.15) is 15.9 Å². The van der Waals surface area contributed by atoms with Gasteiger partial charge in [-0.25, -0.2) is 4.39 Å². The second-order valence-electron chi connectivity index (χ2n) is 8.34. The fourth-order valence-electron chi connectivity index (χ4n) is 3.59. The number of amides is 1. The molecule has 4 aromatic rings. The van der Waals surface area contributed by atoms with Crippen molar-refractivity contribution in [2.45, 2.75) is 6.42 Å². The van der Waals surface area contributed by atoms with Gasteiger partial charge in [0.25, 0.3) is 5.91 Å². The molecular weight excluding hydrogens is 549 g/mol. The summed E-state index contributed by atoms with van der Waals surface area (Å²) < 4.78 is 33.3. The molecule has 4 rings (SSSR count). The first-order valence-electron chi connectivity index (χ1n) is 11.9. The van der Waals surface area contributed by atoms with Crippen LogP contribution in [0.3, 0.4) is 0 Å². The van der Waals surface area contributed by atoms with Gasteiger partial charge in [0.1, 0.15) is 27.4 Å². The molecule has 1 aromatic heterocycles. The second kappa shape index (κ2) is 13.1. The Labute approximate surface area is 233 Å². The van der Waals surface area contributed by atoms with E-state index in [1.54, 1.807) is 12.1 Å². The molecule has 0 bridgehead atoms. The Morgan fingerprint density at radius 3 is 2.36 bits per heavy atom. The van der Waals surface area contributed by atoms with Gasteiger partial charge < -0.3 is 25.8 Å². The first-order valence-corrected chi connectivity index (χ1v) is 12.7. The minimum absolute atomic E-state index is 0.00729. The molecule has 0 saturated carbocycles. The number of ether oxygens (including phenoxy) is 1. The van der Waals surface area contributed by atoms with E-state index >= 15 is 0 Å². The minimum Gasteiger partial charge on any atom is -0.507 e. The van der Waals surface area contributed by atoms with Crippen LogP contribution < -0.4 is 20.7 Å². The molecule has 11 heteroatoms. The first-order chi connectivity index (χ1) is 18.8. The number of rotatable bonds is 11. The third-order valence-electron chi connectivity index (χ3n) is 5.56. The van der Waals surface area contributed by atoms with Gasteiger partial charge in [0.2, 0.25) is 5.95 Å². The highest BCUT2D eigenvalue weighted by Crippen LogP contribution is 2.41. The van der Waals surface area contributed by atoms with Crippen LogP contribution in [-0.4, -0.2) is 35.6 Å². The van der Waals surface area contributed by atoms with Crippen molar-refractivity contribution >= 4 is 40.6 Å². The van der Waals surface area contributed by atoms with E-state index in [-0.39, 0.29) is 46.0 Å². The molecule has 4 N–H and O–H groups in total. The maximum atomic E-state index is 14.5. The summed E-state index contributed by atoms with van der Waals surface area (Å²) in [5.41, 5.74) is 1.72. The molecular formula is C28H24Cl2F2N4O3. The van der Waals surface area contributed by atoms with Gasteiger partial charge in [-0.3, -0.25) is 4.79 Å². The maximum Gasteiger partial charge on any atom is 0.255 e. The second-order valence-corrected chi connectivity index (χ2v) is 9.10. The normalized spacial score (nSPS) is 10.7. The quantitative estimate of drug-likeness (QED) is 0.118. The molecule has 0 saturated heterocycles. The van der Waals surface area contributed by atoms with Crippen molar-refractivity contribution in [1.82, 2.24) is 10.3 Å². The molecule has 202 valence electrons.